The van der Waals surface area contributed by atoms with Crippen molar-refractivity contribution in [1.29, 1.82) is 0 Å². The van der Waals surface area contributed by atoms with Crippen LogP contribution in [0.5, 0.6) is 0 Å². The maximum atomic E-state index is 13.4. The van der Waals surface area contributed by atoms with Gasteiger partial charge in [-0.25, -0.2) is 9.69 Å². The first-order valence-electron chi connectivity index (χ1n) is 10.3. The lowest BCUT2D eigenvalue weighted by atomic mass is 9.84. The Morgan fingerprint density at radius 1 is 1.10 bits per heavy atom. The van der Waals surface area contributed by atoms with E-state index in [0.29, 0.717) is 6.42 Å². The molecule has 0 aromatic heterocycles. The average molecular weight is 392 g/mol. The number of imide groups is 1. The normalized spacial score (nSPS) is 17.3. The quantitative estimate of drug-likeness (QED) is 0.554. The fraction of sp³-hybridized carbons (Fsp3) is 0.360. The van der Waals surface area contributed by atoms with Gasteiger partial charge in [-0.15, -0.1) is 6.58 Å². The van der Waals surface area contributed by atoms with Gasteiger partial charge >= 0.3 is 6.09 Å². The molecule has 0 N–H and O–H groups in total. The molecule has 3 rings (SSSR count). The summed E-state index contributed by atoms with van der Waals surface area (Å²) in [5.74, 6) is -0.544. The molecule has 152 valence electrons. The van der Waals surface area contributed by atoms with Crippen molar-refractivity contribution in [3.8, 4) is 0 Å². The van der Waals surface area contributed by atoms with Crippen LogP contribution in [0.1, 0.15) is 50.2 Å². The Morgan fingerprint density at radius 3 is 2.14 bits per heavy atom. The maximum absolute atomic E-state index is 13.4. The largest absolute Gasteiger partial charge is 0.447 e. The molecule has 4 nitrogen and oxygen atoms in total. The Kier molecular flexibility index (Phi) is 6.86. The van der Waals surface area contributed by atoms with Gasteiger partial charge in [0.05, 0.1) is 6.04 Å². The highest BCUT2D eigenvalue weighted by Gasteiger charge is 2.45. The van der Waals surface area contributed by atoms with Crippen LogP contribution < -0.4 is 0 Å². The molecule has 1 fully saturated rings. The summed E-state index contributed by atoms with van der Waals surface area (Å²) in [7, 11) is 0. The second kappa shape index (κ2) is 9.55. The first-order valence-corrected chi connectivity index (χ1v) is 10.3. The summed E-state index contributed by atoms with van der Waals surface area (Å²) in [5, 5.41) is 0. The molecule has 0 radical (unpaired) electrons. The van der Waals surface area contributed by atoms with Crippen molar-refractivity contribution in [3.63, 3.8) is 0 Å². The molecule has 0 spiro atoms. The van der Waals surface area contributed by atoms with Crippen LogP contribution in [-0.4, -0.2) is 29.5 Å². The predicted molar refractivity (Wildman–Crippen MR) is 115 cm³/mol. The Balaban J connectivity index is 1.99. The number of allylic oxidation sites excluding steroid dienone is 1. The standard InChI is InChI=1S/C25H29NO3/c1-4-11-21(16-18(2)3)24(27)26-22(17-29-25(26)28)23(19-12-7-5-8-13-19)20-14-9-6-10-15-20/h5-10,12-15,21-23H,2,4,11,16-17H2,1,3H3/t21-,22-/m0/s1. The van der Waals surface area contributed by atoms with Crippen molar-refractivity contribution in [3.05, 3.63) is 83.9 Å². The zero-order chi connectivity index (χ0) is 20.8. The van der Waals surface area contributed by atoms with Crippen LogP contribution in [-0.2, 0) is 9.53 Å². The SMILES string of the molecule is C=C(C)C[C@H](CCC)C(=O)N1C(=O)OC[C@H]1C(c1ccccc1)c1ccccc1. The van der Waals surface area contributed by atoms with E-state index in [1.54, 1.807) is 0 Å². The van der Waals surface area contributed by atoms with E-state index in [9.17, 15) is 9.59 Å². The van der Waals surface area contributed by atoms with Crippen molar-refractivity contribution in [1.82, 2.24) is 4.90 Å². The van der Waals surface area contributed by atoms with Gasteiger partial charge in [0.2, 0.25) is 5.91 Å². The fourth-order valence-electron chi connectivity index (χ4n) is 4.17. The monoisotopic (exact) mass is 391 g/mol. The lowest BCUT2D eigenvalue weighted by Crippen LogP contribution is -2.45. The Morgan fingerprint density at radius 2 is 1.66 bits per heavy atom. The molecule has 1 aliphatic rings. The third-order valence-corrected chi connectivity index (χ3v) is 5.43. The van der Waals surface area contributed by atoms with Crippen LogP contribution in [0.15, 0.2) is 72.8 Å². The number of amides is 2. The van der Waals surface area contributed by atoms with Crippen molar-refractivity contribution < 1.29 is 14.3 Å². The summed E-state index contributed by atoms with van der Waals surface area (Å²) in [6.07, 6.45) is 1.64. The van der Waals surface area contributed by atoms with Gasteiger partial charge in [-0.1, -0.05) is 79.6 Å². The van der Waals surface area contributed by atoms with E-state index in [-0.39, 0.29) is 30.4 Å². The summed E-state index contributed by atoms with van der Waals surface area (Å²) in [6.45, 7) is 8.14. The van der Waals surface area contributed by atoms with E-state index in [1.807, 2.05) is 67.6 Å². The van der Waals surface area contributed by atoms with E-state index in [0.717, 1.165) is 29.5 Å². The summed E-state index contributed by atoms with van der Waals surface area (Å²) in [6, 6.07) is 19.7. The van der Waals surface area contributed by atoms with Crippen molar-refractivity contribution in [2.45, 2.75) is 45.1 Å². The van der Waals surface area contributed by atoms with Crippen LogP contribution in [0.3, 0.4) is 0 Å². The highest BCUT2D eigenvalue weighted by Crippen LogP contribution is 2.35. The molecular weight excluding hydrogens is 362 g/mol. The minimum absolute atomic E-state index is 0.139. The zero-order valence-corrected chi connectivity index (χ0v) is 17.2. The van der Waals surface area contributed by atoms with E-state index >= 15 is 0 Å². The van der Waals surface area contributed by atoms with Gasteiger partial charge in [0.25, 0.3) is 0 Å². The Labute approximate surface area is 173 Å². The second-order valence-electron chi connectivity index (χ2n) is 7.80. The molecule has 1 saturated heterocycles. The molecule has 0 aliphatic carbocycles. The fourth-order valence-corrected chi connectivity index (χ4v) is 4.17. The molecule has 1 heterocycles. The van der Waals surface area contributed by atoms with Gasteiger partial charge in [0.15, 0.2) is 0 Å². The van der Waals surface area contributed by atoms with Gasteiger partial charge in [-0.2, -0.15) is 0 Å². The highest BCUT2D eigenvalue weighted by molar-refractivity contribution is 5.95. The number of rotatable bonds is 8. The third kappa shape index (κ3) is 4.76. The topological polar surface area (TPSA) is 46.6 Å². The lowest BCUT2D eigenvalue weighted by Gasteiger charge is -2.31. The van der Waals surface area contributed by atoms with Gasteiger partial charge in [0, 0.05) is 11.8 Å². The molecule has 2 aromatic carbocycles. The number of hydrogen-bond acceptors (Lipinski definition) is 3. The van der Waals surface area contributed by atoms with Gasteiger partial charge < -0.3 is 4.74 Å². The van der Waals surface area contributed by atoms with Crippen LogP contribution in [0, 0.1) is 5.92 Å². The Hall–Kier alpha value is -2.88. The van der Waals surface area contributed by atoms with Gasteiger partial charge in [-0.3, -0.25) is 4.79 Å². The maximum Gasteiger partial charge on any atom is 0.417 e. The first-order chi connectivity index (χ1) is 14.0. The predicted octanol–water partition coefficient (Wildman–Crippen LogP) is 5.55. The van der Waals surface area contributed by atoms with E-state index in [4.69, 9.17) is 4.74 Å². The number of nitrogens with zero attached hydrogens (tertiary/aromatic N) is 1. The third-order valence-electron chi connectivity index (χ3n) is 5.43. The molecule has 0 bridgehead atoms. The number of benzene rings is 2. The second-order valence-corrected chi connectivity index (χ2v) is 7.80. The van der Waals surface area contributed by atoms with Crippen molar-refractivity contribution in [2.24, 2.45) is 5.92 Å². The Bertz CT molecular complexity index is 807. The van der Waals surface area contributed by atoms with Crippen LogP contribution in [0.25, 0.3) is 0 Å². The molecule has 29 heavy (non-hydrogen) atoms. The number of cyclic esters (lactones) is 1. The number of carbonyl (C=O) groups excluding carboxylic acids is 2. The van der Waals surface area contributed by atoms with Crippen LogP contribution in [0.4, 0.5) is 4.79 Å². The van der Waals surface area contributed by atoms with Crippen molar-refractivity contribution >= 4 is 12.0 Å². The van der Waals surface area contributed by atoms with Gasteiger partial charge in [-0.05, 0) is 30.9 Å². The summed E-state index contributed by atoms with van der Waals surface area (Å²) in [5.41, 5.74) is 3.07. The zero-order valence-electron chi connectivity index (χ0n) is 17.2. The number of carbonyl (C=O) groups is 2. The minimum Gasteiger partial charge on any atom is -0.447 e. The van der Waals surface area contributed by atoms with Crippen LogP contribution in [0.2, 0.25) is 0 Å². The van der Waals surface area contributed by atoms with Crippen LogP contribution >= 0.6 is 0 Å². The molecule has 1 aliphatic heterocycles. The van der Waals surface area contributed by atoms with E-state index in [1.165, 1.54) is 4.90 Å². The molecule has 2 atom stereocenters. The van der Waals surface area contributed by atoms with E-state index in [2.05, 4.69) is 13.5 Å². The van der Waals surface area contributed by atoms with Crippen molar-refractivity contribution in [2.75, 3.05) is 6.61 Å². The van der Waals surface area contributed by atoms with Gasteiger partial charge in [0.1, 0.15) is 6.61 Å². The first kappa shape index (κ1) is 20.8. The molecule has 0 saturated carbocycles. The van der Waals surface area contributed by atoms with E-state index < -0.39 is 6.09 Å². The molecule has 0 unspecified atom stereocenters. The highest BCUT2D eigenvalue weighted by atomic mass is 16.6. The number of ether oxygens (including phenoxy) is 1. The smallest absolute Gasteiger partial charge is 0.417 e. The minimum atomic E-state index is -0.542. The summed E-state index contributed by atoms with van der Waals surface area (Å²) in [4.78, 5) is 27.5. The lowest BCUT2D eigenvalue weighted by molar-refractivity contribution is -0.133. The number of hydrogen-bond donors (Lipinski definition) is 0. The summed E-state index contributed by atoms with van der Waals surface area (Å²) < 4.78 is 5.40. The molecule has 4 heteroatoms. The summed E-state index contributed by atoms with van der Waals surface area (Å²) >= 11 is 0. The molecule has 2 aromatic rings. The molecule has 2 amide bonds. The average Bonchev–Trinajstić information content (AvgIpc) is 3.09. The molecular formula is C25H29NO3.